The van der Waals surface area contributed by atoms with Crippen molar-refractivity contribution in [1.29, 1.82) is 0 Å². The second-order valence-electron chi connectivity index (χ2n) is 5.02. The summed E-state index contributed by atoms with van der Waals surface area (Å²) in [6, 6.07) is 7.78. The van der Waals surface area contributed by atoms with Gasteiger partial charge < -0.3 is 9.80 Å². The number of anilines is 1. The maximum Gasteiger partial charge on any atom is 0.276 e. The number of carbonyl (C=O) groups excluding carboxylic acids is 1. The van der Waals surface area contributed by atoms with Crippen molar-refractivity contribution >= 4 is 23.2 Å². The van der Waals surface area contributed by atoms with Crippen molar-refractivity contribution in [2.24, 2.45) is 0 Å². The molecule has 0 atom stereocenters. The van der Waals surface area contributed by atoms with Gasteiger partial charge in [0.25, 0.3) is 5.91 Å². The quantitative estimate of drug-likeness (QED) is 0.917. The van der Waals surface area contributed by atoms with Gasteiger partial charge in [0.05, 0.1) is 5.69 Å². The van der Waals surface area contributed by atoms with Gasteiger partial charge in [0.1, 0.15) is 0 Å². The summed E-state index contributed by atoms with van der Waals surface area (Å²) in [7, 11) is 0. The normalized spacial score (nSPS) is 15.3. The minimum atomic E-state index is -0.0630. The standard InChI is InChI=1S/C14H16ClN5O/c1-10-13(17-18-16-10)14(21)20-7-5-19(6-8-20)12-4-2-3-11(15)9-12/h2-4,9H,5-8H2,1H3,(H,16,17,18). The number of amides is 1. The Labute approximate surface area is 127 Å². The van der Waals surface area contributed by atoms with E-state index >= 15 is 0 Å². The molecule has 7 heteroatoms. The van der Waals surface area contributed by atoms with Crippen LogP contribution in [-0.4, -0.2) is 52.4 Å². The van der Waals surface area contributed by atoms with Crippen molar-refractivity contribution < 1.29 is 4.79 Å². The Bertz CT molecular complexity index is 648. The molecule has 1 aliphatic rings. The highest BCUT2D eigenvalue weighted by molar-refractivity contribution is 6.30. The van der Waals surface area contributed by atoms with E-state index in [1.807, 2.05) is 29.2 Å². The number of H-pyrrole nitrogens is 1. The monoisotopic (exact) mass is 305 g/mol. The molecule has 21 heavy (non-hydrogen) atoms. The van der Waals surface area contributed by atoms with Crippen LogP contribution in [-0.2, 0) is 0 Å². The summed E-state index contributed by atoms with van der Waals surface area (Å²) < 4.78 is 0. The molecule has 0 unspecified atom stereocenters. The van der Waals surface area contributed by atoms with Crippen LogP contribution >= 0.6 is 11.6 Å². The first-order chi connectivity index (χ1) is 10.1. The fourth-order valence-electron chi connectivity index (χ4n) is 2.48. The number of aromatic nitrogens is 3. The molecule has 0 aliphatic carbocycles. The first-order valence-corrected chi connectivity index (χ1v) is 7.20. The van der Waals surface area contributed by atoms with Gasteiger partial charge in [-0.25, -0.2) is 0 Å². The molecular formula is C14H16ClN5O. The van der Waals surface area contributed by atoms with E-state index in [0.717, 1.165) is 23.8 Å². The maximum absolute atomic E-state index is 12.3. The van der Waals surface area contributed by atoms with E-state index in [0.29, 0.717) is 24.5 Å². The van der Waals surface area contributed by atoms with E-state index in [1.165, 1.54) is 0 Å². The molecule has 110 valence electrons. The van der Waals surface area contributed by atoms with Crippen LogP contribution in [0, 0.1) is 6.92 Å². The Balaban J connectivity index is 1.65. The molecule has 0 spiro atoms. The molecule has 1 aromatic carbocycles. The van der Waals surface area contributed by atoms with Crippen molar-refractivity contribution in [2.45, 2.75) is 6.92 Å². The van der Waals surface area contributed by atoms with Crippen LogP contribution in [0.4, 0.5) is 5.69 Å². The molecule has 2 heterocycles. The lowest BCUT2D eigenvalue weighted by Gasteiger charge is -2.35. The summed E-state index contributed by atoms with van der Waals surface area (Å²) in [6.07, 6.45) is 0. The van der Waals surface area contributed by atoms with Crippen LogP contribution in [0.2, 0.25) is 5.02 Å². The number of piperazine rings is 1. The average molecular weight is 306 g/mol. The zero-order valence-electron chi connectivity index (χ0n) is 11.7. The topological polar surface area (TPSA) is 65.1 Å². The summed E-state index contributed by atoms with van der Waals surface area (Å²) >= 11 is 6.02. The van der Waals surface area contributed by atoms with Gasteiger partial charge in [-0.05, 0) is 25.1 Å². The van der Waals surface area contributed by atoms with Gasteiger partial charge in [-0.3, -0.25) is 4.79 Å². The fourth-order valence-corrected chi connectivity index (χ4v) is 2.66. The Morgan fingerprint density at radius 1 is 1.24 bits per heavy atom. The Hall–Kier alpha value is -2.08. The predicted molar refractivity (Wildman–Crippen MR) is 80.7 cm³/mol. The minimum Gasteiger partial charge on any atom is -0.368 e. The highest BCUT2D eigenvalue weighted by Crippen LogP contribution is 2.21. The van der Waals surface area contributed by atoms with Gasteiger partial charge >= 0.3 is 0 Å². The van der Waals surface area contributed by atoms with Gasteiger partial charge in [-0.15, -0.1) is 0 Å². The van der Waals surface area contributed by atoms with Gasteiger partial charge in [0.2, 0.25) is 0 Å². The lowest BCUT2D eigenvalue weighted by Crippen LogP contribution is -2.49. The van der Waals surface area contributed by atoms with E-state index in [1.54, 1.807) is 6.92 Å². The lowest BCUT2D eigenvalue weighted by molar-refractivity contribution is 0.0740. The van der Waals surface area contributed by atoms with Gasteiger partial charge in [0.15, 0.2) is 5.69 Å². The second-order valence-corrected chi connectivity index (χ2v) is 5.45. The Morgan fingerprint density at radius 2 is 2.00 bits per heavy atom. The summed E-state index contributed by atoms with van der Waals surface area (Å²) in [5.74, 6) is -0.0630. The van der Waals surface area contributed by atoms with E-state index in [-0.39, 0.29) is 5.91 Å². The number of nitrogens with one attached hydrogen (secondary N) is 1. The lowest BCUT2D eigenvalue weighted by atomic mass is 10.2. The van der Waals surface area contributed by atoms with Gasteiger partial charge in [-0.1, -0.05) is 17.7 Å². The first-order valence-electron chi connectivity index (χ1n) is 6.82. The molecule has 1 aliphatic heterocycles. The van der Waals surface area contributed by atoms with Crippen LogP contribution in [0.5, 0.6) is 0 Å². The van der Waals surface area contributed by atoms with Gasteiger partial charge in [0, 0.05) is 36.9 Å². The summed E-state index contributed by atoms with van der Waals surface area (Å²) in [5, 5.41) is 11.0. The number of benzene rings is 1. The molecular weight excluding hydrogens is 290 g/mol. The Kier molecular flexibility index (Phi) is 3.79. The first kappa shape index (κ1) is 13.9. The zero-order chi connectivity index (χ0) is 14.8. The minimum absolute atomic E-state index is 0.0630. The molecule has 1 aromatic heterocycles. The van der Waals surface area contributed by atoms with Crippen LogP contribution in [0.15, 0.2) is 24.3 Å². The smallest absolute Gasteiger partial charge is 0.276 e. The van der Waals surface area contributed by atoms with Crippen molar-refractivity contribution in [1.82, 2.24) is 20.3 Å². The van der Waals surface area contributed by atoms with E-state index < -0.39 is 0 Å². The van der Waals surface area contributed by atoms with Crippen LogP contribution in [0.25, 0.3) is 0 Å². The predicted octanol–water partition coefficient (Wildman–Crippen LogP) is 1.73. The van der Waals surface area contributed by atoms with Crippen molar-refractivity contribution in [3.8, 4) is 0 Å². The summed E-state index contributed by atoms with van der Waals surface area (Å²) in [5.41, 5.74) is 2.13. The summed E-state index contributed by atoms with van der Waals surface area (Å²) in [6.45, 7) is 4.67. The fraction of sp³-hybridized carbons (Fsp3) is 0.357. The van der Waals surface area contributed by atoms with E-state index in [4.69, 9.17) is 11.6 Å². The molecule has 0 saturated carbocycles. The Morgan fingerprint density at radius 3 is 2.62 bits per heavy atom. The SMILES string of the molecule is Cc1n[nH]nc1C(=O)N1CCN(c2cccc(Cl)c2)CC1. The number of hydrogen-bond donors (Lipinski definition) is 1. The van der Waals surface area contributed by atoms with E-state index in [2.05, 4.69) is 20.3 Å². The zero-order valence-corrected chi connectivity index (χ0v) is 12.5. The molecule has 2 aromatic rings. The molecule has 1 N–H and O–H groups in total. The van der Waals surface area contributed by atoms with Crippen LogP contribution in [0.1, 0.15) is 16.2 Å². The molecule has 1 saturated heterocycles. The largest absolute Gasteiger partial charge is 0.368 e. The third-order valence-electron chi connectivity index (χ3n) is 3.67. The third kappa shape index (κ3) is 2.85. The molecule has 3 rings (SSSR count). The number of aryl methyl sites for hydroxylation is 1. The molecule has 1 amide bonds. The molecule has 0 radical (unpaired) electrons. The number of rotatable bonds is 2. The van der Waals surface area contributed by atoms with Crippen LogP contribution in [0.3, 0.4) is 0 Å². The van der Waals surface area contributed by atoms with Crippen molar-refractivity contribution in [3.63, 3.8) is 0 Å². The van der Waals surface area contributed by atoms with Gasteiger partial charge in [-0.2, -0.15) is 15.4 Å². The van der Waals surface area contributed by atoms with Crippen LogP contribution < -0.4 is 4.90 Å². The number of halogens is 1. The second kappa shape index (κ2) is 5.73. The maximum atomic E-state index is 12.3. The molecule has 0 bridgehead atoms. The number of aromatic amines is 1. The number of carbonyl (C=O) groups is 1. The average Bonchev–Trinajstić information content (AvgIpc) is 2.93. The highest BCUT2D eigenvalue weighted by Gasteiger charge is 2.25. The van der Waals surface area contributed by atoms with Crippen molar-refractivity contribution in [3.05, 3.63) is 40.7 Å². The third-order valence-corrected chi connectivity index (χ3v) is 3.90. The molecule has 6 nitrogen and oxygen atoms in total. The highest BCUT2D eigenvalue weighted by atomic mass is 35.5. The van der Waals surface area contributed by atoms with E-state index in [9.17, 15) is 4.79 Å². The number of hydrogen-bond acceptors (Lipinski definition) is 4. The van der Waals surface area contributed by atoms with Crippen molar-refractivity contribution in [2.75, 3.05) is 31.1 Å². The molecule has 1 fully saturated rings. The summed E-state index contributed by atoms with van der Waals surface area (Å²) in [4.78, 5) is 16.4. The number of nitrogens with zero attached hydrogens (tertiary/aromatic N) is 4.